The van der Waals surface area contributed by atoms with Gasteiger partial charge in [0.25, 0.3) is 0 Å². The van der Waals surface area contributed by atoms with Gasteiger partial charge in [-0.1, -0.05) is 31.0 Å². The number of para-hydroxylation sites is 1. The van der Waals surface area contributed by atoms with E-state index < -0.39 is 0 Å². The first-order chi connectivity index (χ1) is 10.3. The highest BCUT2D eigenvalue weighted by Gasteiger charge is 2.21. The Labute approximate surface area is 125 Å². The SMILES string of the molecule is CCn1nc(CC(=O)C2CCCCCN2)c2ccccc21. The maximum absolute atomic E-state index is 12.5. The zero-order chi connectivity index (χ0) is 14.7. The third kappa shape index (κ3) is 3.00. The highest BCUT2D eigenvalue weighted by Crippen LogP contribution is 2.20. The van der Waals surface area contributed by atoms with Crippen LogP contribution in [0, 0.1) is 0 Å². The number of nitrogens with one attached hydrogen (secondary N) is 1. The van der Waals surface area contributed by atoms with Crippen LogP contribution in [0.3, 0.4) is 0 Å². The van der Waals surface area contributed by atoms with Gasteiger partial charge < -0.3 is 5.32 Å². The minimum Gasteiger partial charge on any atom is -0.307 e. The molecular weight excluding hydrogens is 262 g/mol. The maximum atomic E-state index is 12.5. The van der Waals surface area contributed by atoms with E-state index in [0.717, 1.165) is 42.5 Å². The van der Waals surface area contributed by atoms with Gasteiger partial charge in [0.1, 0.15) is 0 Å². The Morgan fingerprint density at radius 3 is 3.05 bits per heavy atom. The molecule has 0 radical (unpaired) electrons. The van der Waals surface area contributed by atoms with Crippen molar-refractivity contribution in [1.82, 2.24) is 15.1 Å². The van der Waals surface area contributed by atoms with Gasteiger partial charge in [0, 0.05) is 11.9 Å². The first kappa shape index (κ1) is 14.3. The second kappa shape index (κ2) is 6.39. The van der Waals surface area contributed by atoms with Crippen molar-refractivity contribution < 1.29 is 4.79 Å². The van der Waals surface area contributed by atoms with Crippen LogP contribution >= 0.6 is 0 Å². The van der Waals surface area contributed by atoms with E-state index in [1.165, 1.54) is 12.8 Å². The predicted octanol–water partition coefficient (Wildman–Crippen LogP) is 2.70. The summed E-state index contributed by atoms with van der Waals surface area (Å²) < 4.78 is 1.98. The van der Waals surface area contributed by atoms with Crippen molar-refractivity contribution >= 4 is 16.7 Å². The summed E-state index contributed by atoms with van der Waals surface area (Å²) in [5.41, 5.74) is 2.04. The van der Waals surface area contributed by atoms with E-state index in [1.807, 2.05) is 16.8 Å². The van der Waals surface area contributed by atoms with E-state index in [4.69, 9.17) is 0 Å². The molecule has 0 spiro atoms. The Hall–Kier alpha value is -1.68. The molecule has 1 atom stereocenters. The molecule has 1 aliphatic rings. The van der Waals surface area contributed by atoms with Gasteiger partial charge >= 0.3 is 0 Å². The molecular formula is C17H23N3O. The zero-order valence-corrected chi connectivity index (χ0v) is 12.6. The molecule has 1 aliphatic heterocycles. The molecule has 0 aliphatic carbocycles. The van der Waals surface area contributed by atoms with Crippen molar-refractivity contribution in [1.29, 1.82) is 0 Å². The average Bonchev–Trinajstić information content (AvgIpc) is 2.69. The molecule has 3 rings (SSSR count). The van der Waals surface area contributed by atoms with Crippen LogP contribution in [-0.4, -0.2) is 28.2 Å². The van der Waals surface area contributed by atoms with Gasteiger partial charge in [-0.05, 0) is 32.4 Å². The molecule has 4 nitrogen and oxygen atoms in total. The lowest BCUT2D eigenvalue weighted by atomic mass is 10.0. The number of rotatable bonds is 4. The number of nitrogens with zero attached hydrogens (tertiary/aromatic N) is 2. The lowest BCUT2D eigenvalue weighted by molar-refractivity contribution is -0.120. The number of Topliss-reactive ketones (excluding diaryl/α,β-unsaturated/α-hetero) is 1. The fraction of sp³-hybridized carbons (Fsp3) is 0.529. The summed E-state index contributed by atoms with van der Waals surface area (Å²) in [6, 6.07) is 8.19. The van der Waals surface area contributed by atoms with Gasteiger partial charge in [-0.3, -0.25) is 9.48 Å². The molecule has 1 fully saturated rings. The van der Waals surface area contributed by atoms with Crippen LogP contribution < -0.4 is 5.32 Å². The molecule has 2 aromatic rings. The zero-order valence-electron chi connectivity index (χ0n) is 12.6. The monoisotopic (exact) mass is 285 g/mol. The largest absolute Gasteiger partial charge is 0.307 e. The highest BCUT2D eigenvalue weighted by molar-refractivity contribution is 5.91. The summed E-state index contributed by atoms with van der Waals surface area (Å²) >= 11 is 0. The van der Waals surface area contributed by atoms with Crippen molar-refractivity contribution in [2.45, 2.75) is 51.6 Å². The molecule has 1 saturated heterocycles. The Balaban J connectivity index is 1.82. The van der Waals surface area contributed by atoms with Crippen LogP contribution in [0.25, 0.3) is 10.9 Å². The van der Waals surface area contributed by atoms with Crippen LogP contribution in [0.4, 0.5) is 0 Å². The van der Waals surface area contributed by atoms with Gasteiger partial charge in [-0.2, -0.15) is 5.10 Å². The highest BCUT2D eigenvalue weighted by atomic mass is 16.1. The van der Waals surface area contributed by atoms with Crippen LogP contribution in [0.1, 0.15) is 38.3 Å². The van der Waals surface area contributed by atoms with Gasteiger partial charge in [0.15, 0.2) is 5.78 Å². The van der Waals surface area contributed by atoms with Gasteiger partial charge in [-0.15, -0.1) is 0 Å². The first-order valence-electron chi connectivity index (χ1n) is 8.00. The minimum atomic E-state index is 0.0121. The van der Waals surface area contributed by atoms with Crippen LogP contribution in [0.2, 0.25) is 0 Å². The van der Waals surface area contributed by atoms with Crippen molar-refractivity contribution in [2.24, 2.45) is 0 Å². The molecule has 1 N–H and O–H groups in total. The van der Waals surface area contributed by atoms with Gasteiger partial charge in [0.2, 0.25) is 0 Å². The number of benzene rings is 1. The normalized spacial score (nSPS) is 19.6. The van der Waals surface area contributed by atoms with Crippen LogP contribution in [0.15, 0.2) is 24.3 Å². The molecule has 0 bridgehead atoms. The molecule has 0 amide bonds. The second-order valence-electron chi connectivity index (χ2n) is 5.78. The average molecular weight is 285 g/mol. The fourth-order valence-electron chi connectivity index (χ4n) is 3.16. The van der Waals surface area contributed by atoms with Gasteiger partial charge in [-0.25, -0.2) is 0 Å². The van der Waals surface area contributed by atoms with E-state index in [0.29, 0.717) is 6.42 Å². The molecule has 1 aromatic heterocycles. The third-order valence-electron chi connectivity index (χ3n) is 4.32. The van der Waals surface area contributed by atoms with Crippen molar-refractivity contribution in [3.63, 3.8) is 0 Å². The van der Waals surface area contributed by atoms with E-state index in [9.17, 15) is 4.79 Å². The Morgan fingerprint density at radius 2 is 2.19 bits per heavy atom. The number of aromatic nitrogens is 2. The summed E-state index contributed by atoms with van der Waals surface area (Å²) in [6.45, 7) is 3.87. The van der Waals surface area contributed by atoms with Crippen LogP contribution in [0.5, 0.6) is 0 Å². The summed E-state index contributed by atoms with van der Waals surface area (Å²) in [4.78, 5) is 12.5. The summed E-state index contributed by atoms with van der Waals surface area (Å²) in [6.07, 6.45) is 4.95. The number of carbonyl (C=O) groups is 1. The number of ketones is 1. The number of hydrogen-bond donors (Lipinski definition) is 1. The Morgan fingerprint density at radius 1 is 1.33 bits per heavy atom. The Kier molecular flexibility index (Phi) is 4.34. The standard InChI is InChI=1S/C17H23N3O/c1-2-20-16-10-6-5-8-13(16)15(19-20)12-17(21)14-9-4-3-7-11-18-14/h5-6,8,10,14,18H,2-4,7,9,11-12H2,1H3. The Bertz CT molecular complexity index is 624. The van der Waals surface area contributed by atoms with Crippen molar-refractivity contribution in [3.05, 3.63) is 30.0 Å². The second-order valence-corrected chi connectivity index (χ2v) is 5.78. The molecule has 1 unspecified atom stereocenters. The lowest BCUT2D eigenvalue weighted by Crippen LogP contribution is -2.37. The van der Waals surface area contributed by atoms with Crippen molar-refractivity contribution in [3.8, 4) is 0 Å². The summed E-state index contributed by atoms with van der Waals surface area (Å²) in [5.74, 6) is 0.281. The van der Waals surface area contributed by atoms with Gasteiger partial charge in [0.05, 0.1) is 23.7 Å². The van der Waals surface area contributed by atoms with E-state index in [2.05, 4.69) is 29.5 Å². The smallest absolute Gasteiger partial charge is 0.155 e. The molecule has 1 aromatic carbocycles. The molecule has 112 valence electrons. The van der Waals surface area contributed by atoms with E-state index >= 15 is 0 Å². The van der Waals surface area contributed by atoms with E-state index in [1.54, 1.807) is 0 Å². The lowest BCUT2D eigenvalue weighted by Gasteiger charge is -2.13. The minimum absolute atomic E-state index is 0.0121. The van der Waals surface area contributed by atoms with Crippen molar-refractivity contribution in [2.75, 3.05) is 6.54 Å². The number of hydrogen-bond acceptors (Lipinski definition) is 3. The maximum Gasteiger partial charge on any atom is 0.155 e. The first-order valence-corrected chi connectivity index (χ1v) is 8.00. The summed E-state index contributed by atoms with van der Waals surface area (Å²) in [5, 5.41) is 9.13. The molecule has 21 heavy (non-hydrogen) atoms. The van der Waals surface area contributed by atoms with E-state index in [-0.39, 0.29) is 11.8 Å². The molecule has 4 heteroatoms. The number of carbonyl (C=O) groups excluding carboxylic acids is 1. The quantitative estimate of drug-likeness (QED) is 0.939. The summed E-state index contributed by atoms with van der Waals surface area (Å²) in [7, 11) is 0. The van der Waals surface area contributed by atoms with Crippen LogP contribution in [-0.2, 0) is 17.8 Å². The fourth-order valence-corrected chi connectivity index (χ4v) is 3.16. The topological polar surface area (TPSA) is 46.9 Å². The predicted molar refractivity (Wildman–Crippen MR) is 84.4 cm³/mol. The number of aryl methyl sites for hydroxylation is 1. The molecule has 2 heterocycles. The number of fused-ring (bicyclic) bond motifs is 1. The molecule has 0 saturated carbocycles. The third-order valence-corrected chi connectivity index (χ3v) is 4.32.